The minimum absolute atomic E-state index is 0.576. The number of halogens is 2. The fraction of sp³-hybridized carbons (Fsp3) is 0.118. The highest BCUT2D eigenvalue weighted by molar-refractivity contribution is 9.10. The molecule has 0 fully saturated rings. The van der Waals surface area contributed by atoms with Gasteiger partial charge in [0.1, 0.15) is 0 Å². The third-order valence-corrected chi connectivity index (χ3v) is 4.16. The normalized spacial score (nSPS) is 11.0. The third kappa shape index (κ3) is 3.70. The molecule has 0 radical (unpaired) electrons. The van der Waals surface area contributed by atoms with Gasteiger partial charge in [0.15, 0.2) is 11.5 Å². The number of rotatable bonds is 4. The number of nitriles is 1. The van der Waals surface area contributed by atoms with Crippen molar-refractivity contribution >= 4 is 43.5 Å². The van der Waals surface area contributed by atoms with Crippen LogP contribution in [0.15, 0.2) is 45.3 Å². The van der Waals surface area contributed by atoms with E-state index in [2.05, 4.69) is 37.9 Å². The maximum absolute atomic E-state index is 9.41. The second kappa shape index (κ2) is 7.48. The topological polar surface area (TPSA) is 42.2 Å². The summed E-state index contributed by atoms with van der Waals surface area (Å²) in [4.78, 5) is 0. The number of nitrogens with zero attached hydrogens (tertiary/aromatic N) is 1. The Bertz CT molecular complexity index is 746. The van der Waals surface area contributed by atoms with Crippen LogP contribution in [0.3, 0.4) is 0 Å². The molecule has 0 N–H and O–H groups in total. The van der Waals surface area contributed by atoms with E-state index in [1.54, 1.807) is 14.2 Å². The molecular weight excluding hydrogens is 410 g/mol. The van der Waals surface area contributed by atoms with Crippen LogP contribution in [0.1, 0.15) is 11.1 Å². The lowest BCUT2D eigenvalue weighted by atomic mass is 10.0. The van der Waals surface area contributed by atoms with Crippen LogP contribution in [0.5, 0.6) is 11.5 Å². The highest BCUT2D eigenvalue weighted by atomic mass is 79.9. The summed E-state index contributed by atoms with van der Waals surface area (Å²) in [6.45, 7) is 0. The maximum Gasteiger partial charge on any atom is 0.174 e. The molecule has 0 atom stereocenters. The first kappa shape index (κ1) is 16.6. The van der Waals surface area contributed by atoms with Crippen molar-refractivity contribution in [1.82, 2.24) is 0 Å². The van der Waals surface area contributed by atoms with Crippen LogP contribution in [0.25, 0.3) is 11.6 Å². The summed E-state index contributed by atoms with van der Waals surface area (Å²) in [5, 5.41) is 9.41. The highest BCUT2D eigenvalue weighted by Crippen LogP contribution is 2.37. The van der Waals surface area contributed by atoms with E-state index in [9.17, 15) is 5.26 Å². The predicted molar refractivity (Wildman–Crippen MR) is 94.9 cm³/mol. The number of benzene rings is 2. The molecule has 5 heteroatoms. The molecule has 0 bridgehead atoms. The molecule has 0 saturated carbocycles. The van der Waals surface area contributed by atoms with Crippen LogP contribution in [-0.2, 0) is 0 Å². The number of hydrogen-bond donors (Lipinski definition) is 0. The van der Waals surface area contributed by atoms with E-state index < -0.39 is 0 Å². The smallest absolute Gasteiger partial charge is 0.174 e. The summed E-state index contributed by atoms with van der Waals surface area (Å²) in [7, 11) is 3.17. The van der Waals surface area contributed by atoms with E-state index in [-0.39, 0.29) is 0 Å². The minimum atomic E-state index is 0.576. The molecule has 2 aromatic rings. The van der Waals surface area contributed by atoms with Gasteiger partial charge in [0, 0.05) is 4.47 Å². The number of allylic oxidation sites excluding steroid dienone is 1. The molecule has 0 aliphatic rings. The van der Waals surface area contributed by atoms with Gasteiger partial charge in [-0.25, -0.2) is 0 Å². The van der Waals surface area contributed by atoms with Crippen LogP contribution >= 0.6 is 31.9 Å². The van der Waals surface area contributed by atoms with Gasteiger partial charge in [0.2, 0.25) is 0 Å². The molecule has 3 nitrogen and oxygen atoms in total. The van der Waals surface area contributed by atoms with Crippen molar-refractivity contribution in [3.63, 3.8) is 0 Å². The average Bonchev–Trinajstić information content (AvgIpc) is 2.53. The van der Waals surface area contributed by atoms with Crippen molar-refractivity contribution in [2.24, 2.45) is 0 Å². The Hall–Kier alpha value is -1.77. The SMILES string of the molecule is COc1cc(/C=C(/C#N)c2ccc(Br)cc2)cc(Br)c1OC. The zero-order chi connectivity index (χ0) is 16.1. The van der Waals surface area contributed by atoms with Gasteiger partial charge in [0.25, 0.3) is 0 Å². The van der Waals surface area contributed by atoms with Gasteiger partial charge in [0.05, 0.1) is 30.3 Å². The van der Waals surface area contributed by atoms with Crippen LogP contribution in [-0.4, -0.2) is 14.2 Å². The highest BCUT2D eigenvalue weighted by Gasteiger charge is 2.10. The molecule has 0 heterocycles. The van der Waals surface area contributed by atoms with E-state index in [1.807, 2.05) is 42.5 Å². The van der Waals surface area contributed by atoms with Gasteiger partial charge in [-0.2, -0.15) is 5.26 Å². The van der Waals surface area contributed by atoms with Crippen molar-refractivity contribution in [1.29, 1.82) is 5.26 Å². The molecule has 2 aromatic carbocycles. The van der Waals surface area contributed by atoms with E-state index in [0.29, 0.717) is 17.1 Å². The Morgan fingerprint density at radius 3 is 2.32 bits per heavy atom. The van der Waals surface area contributed by atoms with E-state index in [0.717, 1.165) is 20.1 Å². The molecule has 0 aliphatic carbocycles. The summed E-state index contributed by atoms with van der Waals surface area (Å²) in [5.74, 6) is 1.23. The van der Waals surface area contributed by atoms with Gasteiger partial charge < -0.3 is 9.47 Å². The Labute approximate surface area is 146 Å². The quantitative estimate of drug-likeness (QED) is 0.496. The summed E-state index contributed by atoms with van der Waals surface area (Å²) in [5.41, 5.74) is 2.28. The van der Waals surface area contributed by atoms with Crippen LogP contribution < -0.4 is 9.47 Å². The van der Waals surface area contributed by atoms with Crippen molar-refractivity contribution < 1.29 is 9.47 Å². The lowest BCUT2D eigenvalue weighted by Crippen LogP contribution is -1.92. The Kier molecular flexibility index (Phi) is 5.64. The second-order valence-electron chi connectivity index (χ2n) is 4.41. The fourth-order valence-electron chi connectivity index (χ4n) is 2.00. The predicted octanol–water partition coefficient (Wildman–Crippen LogP) is 5.29. The van der Waals surface area contributed by atoms with Gasteiger partial charge >= 0.3 is 0 Å². The molecular formula is C17H13Br2NO2. The third-order valence-electron chi connectivity index (χ3n) is 3.04. The first-order valence-electron chi connectivity index (χ1n) is 6.38. The van der Waals surface area contributed by atoms with E-state index in [1.165, 1.54) is 0 Å². The molecule has 0 unspecified atom stereocenters. The first-order valence-corrected chi connectivity index (χ1v) is 7.97. The van der Waals surface area contributed by atoms with E-state index in [4.69, 9.17) is 9.47 Å². The van der Waals surface area contributed by atoms with Gasteiger partial charge in [-0.1, -0.05) is 28.1 Å². The monoisotopic (exact) mass is 421 g/mol. The molecule has 0 amide bonds. The standard InChI is InChI=1S/C17H13Br2NO2/c1-21-16-9-11(8-15(19)17(16)22-2)7-13(10-20)12-3-5-14(18)6-4-12/h3-9H,1-2H3/b13-7-. The molecule has 0 saturated heterocycles. The Morgan fingerprint density at radius 1 is 1.09 bits per heavy atom. The zero-order valence-corrected chi connectivity index (χ0v) is 15.2. The maximum atomic E-state index is 9.41. The molecule has 22 heavy (non-hydrogen) atoms. The molecule has 0 spiro atoms. The van der Waals surface area contributed by atoms with Crippen LogP contribution in [0.4, 0.5) is 0 Å². The van der Waals surface area contributed by atoms with Gasteiger partial charge in [-0.05, 0) is 57.4 Å². The molecule has 0 aliphatic heterocycles. The van der Waals surface area contributed by atoms with Crippen LogP contribution in [0.2, 0.25) is 0 Å². The largest absolute Gasteiger partial charge is 0.493 e. The lowest BCUT2D eigenvalue weighted by molar-refractivity contribution is 0.353. The summed E-state index contributed by atoms with van der Waals surface area (Å²) in [6.07, 6.45) is 1.82. The molecule has 2 rings (SSSR count). The molecule has 112 valence electrons. The first-order chi connectivity index (χ1) is 10.6. The van der Waals surface area contributed by atoms with Crippen LogP contribution in [0, 0.1) is 11.3 Å². The summed E-state index contributed by atoms with van der Waals surface area (Å²) >= 11 is 6.84. The second-order valence-corrected chi connectivity index (χ2v) is 6.18. The summed E-state index contributed by atoms with van der Waals surface area (Å²) < 4.78 is 12.4. The summed E-state index contributed by atoms with van der Waals surface area (Å²) in [6, 6.07) is 13.6. The van der Waals surface area contributed by atoms with Crippen molar-refractivity contribution in [3.05, 3.63) is 56.5 Å². The number of hydrogen-bond acceptors (Lipinski definition) is 3. The van der Waals surface area contributed by atoms with Gasteiger partial charge in [-0.3, -0.25) is 0 Å². The molecule has 0 aromatic heterocycles. The Morgan fingerprint density at radius 2 is 1.77 bits per heavy atom. The van der Waals surface area contributed by atoms with Gasteiger partial charge in [-0.15, -0.1) is 0 Å². The Balaban J connectivity index is 2.48. The fourth-order valence-corrected chi connectivity index (χ4v) is 2.88. The van der Waals surface area contributed by atoms with Crippen molar-refractivity contribution in [3.8, 4) is 17.6 Å². The van der Waals surface area contributed by atoms with E-state index >= 15 is 0 Å². The van der Waals surface area contributed by atoms with Crippen molar-refractivity contribution in [2.75, 3.05) is 14.2 Å². The number of methoxy groups -OCH3 is 2. The number of ether oxygens (including phenoxy) is 2. The lowest BCUT2D eigenvalue weighted by Gasteiger charge is -2.10. The average molecular weight is 423 g/mol. The zero-order valence-electron chi connectivity index (χ0n) is 12.1. The minimum Gasteiger partial charge on any atom is -0.493 e. The van der Waals surface area contributed by atoms with Crippen molar-refractivity contribution in [2.45, 2.75) is 0 Å².